The van der Waals surface area contributed by atoms with Crippen LogP contribution in [-0.2, 0) is 0 Å². The van der Waals surface area contributed by atoms with Crippen LogP contribution in [0, 0.1) is 0 Å². The SMILES string of the molecule is CNc1nc(N(C)C(C)CO)c2ccsc2n1. The molecule has 92 valence electrons. The number of aromatic nitrogens is 2. The van der Waals surface area contributed by atoms with Crippen molar-refractivity contribution in [1.29, 1.82) is 0 Å². The maximum atomic E-state index is 9.22. The molecule has 0 aliphatic heterocycles. The number of hydrogen-bond donors (Lipinski definition) is 2. The van der Waals surface area contributed by atoms with E-state index in [1.165, 1.54) is 0 Å². The molecule has 2 aromatic rings. The van der Waals surface area contributed by atoms with Gasteiger partial charge in [-0.1, -0.05) is 0 Å². The molecule has 2 N–H and O–H groups in total. The van der Waals surface area contributed by atoms with Gasteiger partial charge in [-0.05, 0) is 18.4 Å². The molecular formula is C11H16N4OS. The second-order valence-electron chi connectivity index (χ2n) is 3.90. The number of aliphatic hydroxyl groups is 1. The molecule has 2 rings (SSSR count). The average Bonchev–Trinajstić information content (AvgIpc) is 2.83. The molecule has 0 spiro atoms. The maximum absolute atomic E-state index is 9.22. The number of aliphatic hydroxyl groups excluding tert-OH is 1. The summed E-state index contributed by atoms with van der Waals surface area (Å²) in [6.45, 7) is 2.06. The molecule has 1 unspecified atom stereocenters. The molecule has 0 fully saturated rings. The number of fused-ring (bicyclic) bond motifs is 1. The second kappa shape index (κ2) is 4.85. The van der Waals surface area contributed by atoms with E-state index in [1.807, 2.05) is 30.3 Å². The van der Waals surface area contributed by atoms with Crippen molar-refractivity contribution in [3.05, 3.63) is 11.4 Å². The molecule has 6 heteroatoms. The number of likely N-dealkylation sites (N-methyl/N-ethyl adjacent to an activating group) is 1. The minimum atomic E-state index is 0.0257. The highest BCUT2D eigenvalue weighted by Crippen LogP contribution is 2.29. The Morgan fingerprint density at radius 2 is 2.29 bits per heavy atom. The quantitative estimate of drug-likeness (QED) is 0.864. The van der Waals surface area contributed by atoms with Crippen molar-refractivity contribution in [3.8, 4) is 0 Å². The lowest BCUT2D eigenvalue weighted by atomic mass is 10.3. The Balaban J connectivity index is 2.53. The zero-order valence-electron chi connectivity index (χ0n) is 10.1. The van der Waals surface area contributed by atoms with Crippen LogP contribution in [0.15, 0.2) is 11.4 Å². The molecule has 0 aliphatic carbocycles. The minimum Gasteiger partial charge on any atom is -0.394 e. The fourth-order valence-corrected chi connectivity index (χ4v) is 2.31. The third-order valence-electron chi connectivity index (χ3n) is 2.79. The summed E-state index contributed by atoms with van der Waals surface area (Å²) in [5.41, 5.74) is 0. The number of nitrogens with zero attached hydrogens (tertiary/aromatic N) is 3. The van der Waals surface area contributed by atoms with Crippen molar-refractivity contribution < 1.29 is 5.11 Å². The van der Waals surface area contributed by atoms with E-state index < -0.39 is 0 Å². The van der Waals surface area contributed by atoms with Crippen LogP contribution in [-0.4, -0.2) is 41.8 Å². The van der Waals surface area contributed by atoms with Gasteiger partial charge in [-0.2, -0.15) is 4.98 Å². The van der Waals surface area contributed by atoms with Crippen molar-refractivity contribution in [2.24, 2.45) is 0 Å². The van der Waals surface area contributed by atoms with Gasteiger partial charge in [-0.3, -0.25) is 0 Å². The number of anilines is 2. The van der Waals surface area contributed by atoms with Gasteiger partial charge < -0.3 is 15.3 Å². The normalized spacial score (nSPS) is 12.7. The van der Waals surface area contributed by atoms with Crippen LogP contribution in [0.1, 0.15) is 6.92 Å². The molecule has 17 heavy (non-hydrogen) atoms. The molecular weight excluding hydrogens is 236 g/mol. The Bertz CT molecular complexity index is 513. The molecule has 0 aromatic carbocycles. The van der Waals surface area contributed by atoms with Crippen molar-refractivity contribution in [1.82, 2.24) is 9.97 Å². The van der Waals surface area contributed by atoms with Gasteiger partial charge in [0.15, 0.2) is 0 Å². The Morgan fingerprint density at radius 1 is 1.53 bits per heavy atom. The standard InChI is InChI=1S/C11H16N4OS/c1-7(6-16)15(3)9-8-4-5-17-10(8)14-11(12-2)13-9/h4-5,7,16H,6H2,1-3H3,(H,12,13,14). The summed E-state index contributed by atoms with van der Waals surface area (Å²) in [6, 6.07) is 2.03. The summed E-state index contributed by atoms with van der Waals surface area (Å²) in [5, 5.41) is 15.2. The van der Waals surface area contributed by atoms with E-state index >= 15 is 0 Å². The summed E-state index contributed by atoms with van der Waals surface area (Å²) < 4.78 is 0. The van der Waals surface area contributed by atoms with Crippen LogP contribution in [0.3, 0.4) is 0 Å². The first-order valence-corrected chi connectivity index (χ1v) is 6.32. The summed E-state index contributed by atoms with van der Waals surface area (Å²) >= 11 is 1.59. The largest absolute Gasteiger partial charge is 0.394 e. The van der Waals surface area contributed by atoms with Gasteiger partial charge in [0.2, 0.25) is 5.95 Å². The molecule has 1 atom stereocenters. The maximum Gasteiger partial charge on any atom is 0.225 e. The summed E-state index contributed by atoms with van der Waals surface area (Å²) in [4.78, 5) is 11.8. The first-order chi connectivity index (χ1) is 8.17. The Kier molecular flexibility index (Phi) is 3.44. The van der Waals surface area contributed by atoms with E-state index in [2.05, 4.69) is 15.3 Å². The van der Waals surface area contributed by atoms with Crippen molar-refractivity contribution in [3.63, 3.8) is 0 Å². The first kappa shape index (κ1) is 12.1. The van der Waals surface area contributed by atoms with E-state index in [9.17, 15) is 5.11 Å². The van der Waals surface area contributed by atoms with E-state index in [4.69, 9.17) is 0 Å². The zero-order valence-corrected chi connectivity index (χ0v) is 11.0. The van der Waals surface area contributed by atoms with E-state index in [0.29, 0.717) is 5.95 Å². The van der Waals surface area contributed by atoms with Crippen molar-refractivity contribution in [2.45, 2.75) is 13.0 Å². The lowest BCUT2D eigenvalue weighted by Crippen LogP contribution is -2.32. The fraction of sp³-hybridized carbons (Fsp3) is 0.455. The van der Waals surface area contributed by atoms with Gasteiger partial charge in [-0.25, -0.2) is 4.98 Å². The van der Waals surface area contributed by atoms with Gasteiger partial charge in [0.1, 0.15) is 10.6 Å². The number of rotatable bonds is 4. The average molecular weight is 252 g/mol. The van der Waals surface area contributed by atoms with Gasteiger partial charge in [0.05, 0.1) is 18.0 Å². The highest BCUT2D eigenvalue weighted by Gasteiger charge is 2.16. The summed E-state index contributed by atoms with van der Waals surface area (Å²) in [6.07, 6.45) is 0. The van der Waals surface area contributed by atoms with Crippen LogP contribution >= 0.6 is 11.3 Å². The Morgan fingerprint density at radius 3 is 2.94 bits per heavy atom. The molecule has 0 radical (unpaired) electrons. The molecule has 0 amide bonds. The van der Waals surface area contributed by atoms with Crippen LogP contribution in [0.2, 0.25) is 0 Å². The summed E-state index contributed by atoms with van der Waals surface area (Å²) in [5.74, 6) is 1.45. The van der Waals surface area contributed by atoms with E-state index in [0.717, 1.165) is 16.0 Å². The predicted octanol–water partition coefficient (Wildman–Crippen LogP) is 1.55. The van der Waals surface area contributed by atoms with Gasteiger partial charge in [0.25, 0.3) is 0 Å². The first-order valence-electron chi connectivity index (χ1n) is 5.44. The molecule has 0 saturated heterocycles. The van der Waals surface area contributed by atoms with Crippen LogP contribution in [0.4, 0.5) is 11.8 Å². The smallest absolute Gasteiger partial charge is 0.225 e. The van der Waals surface area contributed by atoms with Crippen LogP contribution < -0.4 is 10.2 Å². The zero-order chi connectivity index (χ0) is 12.4. The molecule has 2 heterocycles. The lowest BCUT2D eigenvalue weighted by molar-refractivity contribution is 0.270. The highest BCUT2D eigenvalue weighted by molar-refractivity contribution is 7.16. The Hall–Kier alpha value is -1.40. The second-order valence-corrected chi connectivity index (χ2v) is 4.80. The van der Waals surface area contributed by atoms with Gasteiger partial charge in [0, 0.05) is 14.1 Å². The number of thiophene rings is 1. The van der Waals surface area contributed by atoms with Crippen molar-refractivity contribution in [2.75, 3.05) is 30.9 Å². The molecule has 2 aromatic heterocycles. The van der Waals surface area contributed by atoms with E-state index in [-0.39, 0.29) is 12.6 Å². The minimum absolute atomic E-state index is 0.0257. The number of hydrogen-bond acceptors (Lipinski definition) is 6. The molecule has 0 bridgehead atoms. The molecule has 5 nitrogen and oxygen atoms in total. The Labute approximate surface area is 104 Å². The number of nitrogens with one attached hydrogen (secondary N) is 1. The summed E-state index contributed by atoms with van der Waals surface area (Å²) in [7, 11) is 3.73. The van der Waals surface area contributed by atoms with Crippen LogP contribution in [0.5, 0.6) is 0 Å². The monoisotopic (exact) mass is 252 g/mol. The third kappa shape index (κ3) is 2.18. The molecule has 0 aliphatic rings. The van der Waals surface area contributed by atoms with Gasteiger partial charge in [-0.15, -0.1) is 11.3 Å². The van der Waals surface area contributed by atoms with Crippen LogP contribution in [0.25, 0.3) is 10.2 Å². The fourth-order valence-electron chi connectivity index (χ4n) is 1.55. The topological polar surface area (TPSA) is 61.3 Å². The highest BCUT2D eigenvalue weighted by atomic mass is 32.1. The van der Waals surface area contributed by atoms with Gasteiger partial charge >= 0.3 is 0 Å². The third-order valence-corrected chi connectivity index (χ3v) is 3.59. The molecule has 0 saturated carbocycles. The lowest BCUT2D eigenvalue weighted by Gasteiger charge is -2.25. The van der Waals surface area contributed by atoms with Crippen molar-refractivity contribution >= 4 is 33.3 Å². The van der Waals surface area contributed by atoms with E-state index in [1.54, 1.807) is 18.4 Å². The predicted molar refractivity (Wildman–Crippen MR) is 71.9 cm³/mol.